The number of aromatic nitrogens is 4. The van der Waals surface area contributed by atoms with E-state index in [4.69, 9.17) is 9.84 Å². The van der Waals surface area contributed by atoms with Gasteiger partial charge in [0.2, 0.25) is 5.88 Å². The molecule has 0 spiro atoms. The molecule has 0 saturated carbocycles. The number of rotatable bonds is 3. The maximum Gasteiger partial charge on any atom is 0.254 e. The quantitative estimate of drug-likeness (QED) is 0.529. The highest BCUT2D eigenvalue weighted by Crippen LogP contribution is 2.31. The summed E-state index contributed by atoms with van der Waals surface area (Å²) >= 11 is 0. The second-order valence-corrected chi connectivity index (χ2v) is 7.37. The molecule has 4 heterocycles. The third-order valence-electron chi connectivity index (χ3n) is 5.56. The summed E-state index contributed by atoms with van der Waals surface area (Å²) in [5.41, 5.74) is 5.74. The zero-order valence-corrected chi connectivity index (χ0v) is 16.9. The van der Waals surface area contributed by atoms with Crippen LogP contribution in [0.15, 0.2) is 54.9 Å². The number of nitrogens with zero attached hydrogens (tertiary/aromatic N) is 5. The zero-order valence-electron chi connectivity index (χ0n) is 16.9. The Morgan fingerprint density at radius 2 is 2.00 bits per heavy atom. The molecule has 5 rings (SSSR count). The monoisotopic (exact) mass is 399 g/mol. The van der Waals surface area contributed by atoms with E-state index in [2.05, 4.69) is 9.97 Å². The van der Waals surface area contributed by atoms with E-state index in [1.165, 1.54) is 5.56 Å². The third kappa shape index (κ3) is 3.08. The van der Waals surface area contributed by atoms with Gasteiger partial charge in [0, 0.05) is 54.1 Å². The Morgan fingerprint density at radius 1 is 1.10 bits per heavy atom. The van der Waals surface area contributed by atoms with Crippen LogP contribution < -0.4 is 4.74 Å². The molecule has 0 atom stereocenters. The van der Waals surface area contributed by atoms with Gasteiger partial charge in [0.25, 0.3) is 5.91 Å². The predicted octanol–water partition coefficient (Wildman–Crippen LogP) is 3.24. The number of pyridine rings is 2. The molecule has 0 bridgehead atoms. The molecule has 0 unspecified atom stereocenters. The molecule has 150 valence electrons. The second-order valence-electron chi connectivity index (χ2n) is 7.37. The van der Waals surface area contributed by atoms with E-state index in [1.54, 1.807) is 19.5 Å². The molecule has 0 N–H and O–H groups in total. The van der Waals surface area contributed by atoms with Crippen molar-refractivity contribution in [3.05, 3.63) is 71.7 Å². The highest BCUT2D eigenvalue weighted by molar-refractivity contribution is 5.98. The summed E-state index contributed by atoms with van der Waals surface area (Å²) in [7, 11) is 3.54. The standard InChI is InChI=1S/C23H21N5O2/c1-27-22(16-7-10-25-21(13-16)30-2)18-8-11-28(14-20(18)26-27)23(29)17-5-6-19-15(12-17)4-3-9-24-19/h3-7,9-10,12-13H,8,11,14H2,1-2H3. The Balaban J connectivity index is 1.44. The normalized spacial score (nSPS) is 13.3. The lowest BCUT2D eigenvalue weighted by molar-refractivity contribution is 0.0732. The summed E-state index contributed by atoms with van der Waals surface area (Å²) in [6.07, 6.45) is 4.25. The highest BCUT2D eigenvalue weighted by Gasteiger charge is 2.27. The highest BCUT2D eigenvalue weighted by atomic mass is 16.5. The Labute approximate surface area is 173 Å². The van der Waals surface area contributed by atoms with E-state index < -0.39 is 0 Å². The molecule has 4 aromatic rings. The van der Waals surface area contributed by atoms with Crippen molar-refractivity contribution in [3.63, 3.8) is 0 Å². The van der Waals surface area contributed by atoms with Gasteiger partial charge in [-0.15, -0.1) is 0 Å². The molecule has 7 heteroatoms. The summed E-state index contributed by atoms with van der Waals surface area (Å²) in [6.45, 7) is 1.15. The van der Waals surface area contributed by atoms with Crippen molar-refractivity contribution in [1.82, 2.24) is 24.6 Å². The number of ether oxygens (including phenoxy) is 1. The van der Waals surface area contributed by atoms with Crippen LogP contribution in [0.4, 0.5) is 0 Å². The Kier molecular flexibility index (Phi) is 4.43. The third-order valence-corrected chi connectivity index (χ3v) is 5.56. The fourth-order valence-corrected chi connectivity index (χ4v) is 4.11. The number of hydrogen-bond acceptors (Lipinski definition) is 5. The van der Waals surface area contributed by atoms with Gasteiger partial charge in [-0.05, 0) is 36.8 Å². The van der Waals surface area contributed by atoms with Gasteiger partial charge in [0.05, 0.1) is 30.6 Å². The Bertz CT molecular complexity index is 1260. The molecule has 1 aliphatic heterocycles. The minimum atomic E-state index is 0.0178. The molecule has 1 aromatic carbocycles. The minimum Gasteiger partial charge on any atom is -0.481 e. The molecular formula is C23H21N5O2. The summed E-state index contributed by atoms with van der Waals surface area (Å²) in [5.74, 6) is 0.588. The van der Waals surface area contributed by atoms with Crippen LogP contribution in [-0.4, -0.2) is 44.2 Å². The van der Waals surface area contributed by atoms with Crippen molar-refractivity contribution < 1.29 is 9.53 Å². The molecule has 1 amide bonds. The summed E-state index contributed by atoms with van der Waals surface area (Å²) in [5, 5.41) is 5.68. The van der Waals surface area contributed by atoms with Crippen LogP contribution in [0.2, 0.25) is 0 Å². The topological polar surface area (TPSA) is 73.1 Å². The number of benzene rings is 1. The van der Waals surface area contributed by atoms with Crippen molar-refractivity contribution >= 4 is 16.8 Å². The average Bonchev–Trinajstić information content (AvgIpc) is 3.13. The van der Waals surface area contributed by atoms with Gasteiger partial charge >= 0.3 is 0 Å². The summed E-state index contributed by atoms with van der Waals surface area (Å²) in [6, 6.07) is 13.4. The molecular weight excluding hydrogens is 378 g/mol. The van der Waals surface area contributed by atoms with Crippen molar-refractivity contribution in [3.8, 4) is 17.1 Å². The van der Waals surface area contributed by atoms with Crippen LogP contribution in [-0.2, 0) is 20.0 Å². The van der Waals surface area contributed by atoms with E-state index in [0.717, 1.165) is 34.3 Å². The fourth-order valence-electron chi connectivity index (χ4n) is 4.11. The number of fused-ring (bicyclic) bond motifs is 2. The van der Waals surface area contributed by atoms with E-state index in [1.807, 2.05) is 59.1 Å². The SMILES string of the molecule is COc1cc(-c2c3c(nn2C)CN(C(=O)c2ccc4ncccc4c2)CC3)ccn1. The van der Waals surface area contributed by atoms with Gasteiger partial charge in [-0.2, -0.15) is 5.10 Å². The van der Waals surface area contributed by atoms with E-state index >= 15 is 0 Å². The van der Waals surface area contributed by atoms with Gasteiger partial charge in [0.15, 0.2) is 0 Å². The first-order valence-electron chi connectivity index (χ1n) is 9.83. The molecule has 7 nitrogen and oxygen atoms in total. The van der Waals surface area contributed by atoms with Crippen molar-refractivity contribution in [2.45, 2.75) is 13.0 Å². The van der Waals surface area contributed by atoms with Crippen LogP contribution in [0.5, 0.6) is 5.88 Å². The lowest BCUT2D eigenvalue weighted by atomic mass is 9.99. The van der Waals surface area contributed by atoms with Gasteiger partial charge in [-0.1, -0.05) is 6.07 Å². The number of amides is 1. The van der Waals surface area contributed by atoms with E-state index in [9.17, 15) is 4.79 Å². The predicted molar refractivity (Wildman–Crippen MR) is 113 cm³/mol. The van der Waals surface area contributed by atoms with Crippen LogP contribution >= 0.6 is 0 Å². The number of aryl methyl sites for hydroxylation is 1. The fraction of sp³-hybridized carbons (Fsp3) is 0.217. The summed E-state index contributed by atoms with van der Waals surface area (Å²) < 4.78 is 7.15. The largest absolute Gasteiger partial charge is 0.481 e. The summed E-state index contributed by atoms with van der Waals surface area (Å²) in [4.78, 5) is 23.5. The van der Waals surface area contributed by atoms with Crippen LogP contribution in [0.1, 0.15) is 21.6 Å². The van der Waals surface area contributed by atoms with Crippen LogP contribution in [0.25, 0.3) is 22.2 Å². The molecule has 1 aliphatic rings. The Hall–Kier alpha value is -3.74. The first kappa shape index (κ1) is 18.3. The number of carbonyl (C=O) groups is 1. The lowest BCUT2D eigenvalue weighted by Crippen LogP contribution is -2.36. The van der Waals surface area contributed by atoms with E-state index in [-0.39, 0.29) is 5.91 Å². The molecule has 0 fully saturated rings. The van der Waals surface area contributed by atoms with Gasteiger partial charge in [-0.25, -0.2) is 4.98 Å². The number of hydrogen-bond donors (Lipinski definition) is 0. The van der Waals surface area contributed by atoms with Gasteiger partial charge in [-0.3, -0.25) is 14.5 Å². The molecule has 0 saturated heterocycles. The maximum absolute atomic E-state index is 13.1. The first-order chi connectivity index (χ1) is 14.6. The smallest absolute Gasteiger partial charge is 0.254 e. The molecule has 0 radical (unpaired) electrons. The molecule has 3 aromatic heterocycles. The zero-order chi connectivity index (χ0) is 20.7. The van der Waals surface area contributed by atoms with Crippen molar-refractivity contribution in [2.24, 2.45) is 7.05 Å². The molecule has 0 aliphatic carbocycles. The number of methoxy groups -OCH3 is 1. The lowest BCUT2D eigenvalue weighted by Gasteiger charge is -2.26. The Morgan fingerprint density at radius 3 is 2.87 bits per heavy atom. The van der Waals surface area contributed by atoms with Crippen molar-refractivity contribution in [1.29, 1.82) is 0 Å². The molecule has 30 heavy (non-hydrogen) atoms. The first-order valence-corrected chi connectivity index (χ1v) is 9.83. The van der Waals surface area contributed by atoms with Gasteiger partial charge in [0.1, 0.15) is 0 Å². The minimum absolute atomic E-state index is 0.0178. The van der Waals surface area contributed by atoms with Crippen molar-refractivity contribution in [2.75, 3.05) is 13.7 Å². The maximum atomic E-state index is 13.1. The van der Waals surface area contributed by atoms with Crippen LogP contribution in [0.3, 0.4) is 0 Å². The average molecular weight is 399 g/mol. The van der Waals surface area contributed by atoms with E-state index in [0.29, 0.717) is 24.5 Å². The number of carbonyl (C=O) groups excluding carboxylic acids is 1. The van der Waals surface area contributed by atoms with Gasteiger partial charge < -0.3 is 9.64 Å². The van der Waals surface area contributed by atoms with Crippen LogP contribution in [0, 0.1) is 0 Å². The second kappa shape index (κ2) is 7.26.